The molecule has 0 saturated carbocycles. The number of nitrogens with zero attached hydrogens (tertiary/aromatic N) is 2. The second-order valence-corrected chi connectivity index (χ2v) is 9.50. The van der Waals surface area contributed by atoms with E-state index in [0.29, 0.717) is 22.8 Å². The summed E-state index contributed by atoms with van der Waals surface area (Å²) < 4.78 is 48.7. The monoisotopic (exact) mass is 562 g/mol. The number of aromatic nitrogens is 2. The van der Waals surface area contributed by atoms with Gasteiger partial charge in [-0.05, 0) is 60.5 Å². The van der Waals surface area contributed by atoms with Crippen LogP contribution in [0.15, 0.2) is 66.7 Å². The molecule has 0 spiro atoms. The SMILES string of the molecule is Cc1cc(OCc2c(F)ccc(F)c2F)n2nc(C)c(C(=O)NC(CO)C(=O)Nc3ccc4ccccc4c3)c2c1. The Hall–Kier alpha value is -4.90. The van der Waals surface area contributed by atoms with Crippen LogP contribution in [0, 0.1) is 31.3 Å². The Kier molecular flexibility index (Phi) is 7.62. The number of carbonyl (C=O) groups is 2. The highest BCUT2D eigenvalue weighted by molar-refractivity contribution is 6.06. The Bertz CT molecular complexity index is 1800. The van der Waals surface area contributed by atoms with Gasteiger partial charge in [0.1, 0.15) is 18.5 Å². The van der Waals surface area contributed by atoms with Crippen LogP contribution in [-0.4, -0.2) is 39.2 Å². The fourth-order valence-electron chi connectivity index (χ4n) is 4.51. The first-order chi connectivity index (χ1) is 19.7. The van der Waals surface area contributed by atoms with Crippen molar-refractivity contribution in [3.05, 3.63) is 107 Å². The minimum absolute atomic E-state index is 0.0537. The molecule has 0 aliphatic heterocycles. The molecule has 1 atom stereocenters. The van der Waals surface area contributed by atoms with Gasteiger partial charge in [0.05, 0.1) is 28.9 Å². The number of fused-ring (bicyclic) bond motifs is 2. The van der Waals surface area contributed by atoms with E-state index in [4.69, 9.17) is 4.74 Å². The van der Waals surface area contributed by atoms with Crippen molar-refractivity contribution in [1.29, 1.82) is 0 Å². The number of benzene rings is 3. The number of hydrogen-bond donors (Lipinski definition) is 3. The number of hydrogen-bond acceptors (Lipinski definition) is 5. The van der Waals surface area contributed by atoms with E-state index < -0.39 is 54.1 Å². The number of halogens is 3. The quantitative estimate of drug-likeness (QED) is 0.235. The summed E-state index contributed by atoms with van der Waals surface area (Å²) >= 11 is 0. The first-order valence-corrected chi connectivity index (χ1v) is 12.6. The van der Waals surface area contributed by atoms with Crippen molar-refractivity contribution in [2.75, 3.05) is 11.9 Å². The molecule has 5 rings (SSSR count). The van der Waals surface area contributed by atoms with Crippen molar-refractivity contribution in [1.82, 2.24) is 14.9 Å². The van der Waals surface area contributed by atoms with Crippen LogP contribution >= 0.6 is 0 Å². The molecule has 2 amide bonds. The molecule has 0 aliphatic carbocycles. The summed E-state index contributed by atoms with van der Waals surface area (Å²) in [6.07, 6.45) is 0. The number of anilines is 1. The number of aryl methyl sites for hydroxylation is 2. The van der Waals surface area contributed by atoms with E-state index >= 15 is 0 Å². The number of aliphatic hydroxyl groups is 1. The zero-order chi connectivity index (χ0) is 29.3. The lowest BCUT2D eigenvalue weighted by molar-refractivity contribution is -0.118. The van der Waals surface area contributed by atoms with Gasteiger partial charge in [-0.1, -0.05) is 30.3 Å². The van der Waals surface area contributed by atoms with Gasteiger partial charge in [-0.2, -0.15) is 9.61 Å². The lowest BCUT2D eigenvalue weighted by atomic mass is 10.1. The molecular formula is C30H25F3N4O4. The molecule has 5 aromatic rings. The summed E-state index contributed by atoms with van der Waals surface area (Å²) in [5.74, 6) is -4.79. The van der Waals surface area contributed by atoms with Crippen molar-refractivity contribution in [2.24, 2.45) is 0 Å². The molecule has 3 aromatic carbocycles. The van der Waals surface area contributed by atoms with Crippen LogP contribution in [0.1, 0.15) is 27.2 Å². The third-order valence-corrected chi connectivity index (χ3v) is 6.57. The lowest BCUT2D eigenvalue weighted by Crippen LogP contribution is -2.46. The van der Waals surface area contributed by atoms with Gasteiger partial charge >= 0.3 is 0 Å². The van der Waals surface area contributed by atoms with Gasteiger partial charge in [-0.25, -0.2) is 13.2 Å². The molecule has 1 unspecified atom stereocenters. The first kappa shape index (κ1) is 27.7. The Morgan fingerprint density at radius 3 is 2.46 bits per heavy atom. The van der Waals surface area contributed by atoms with Crippen LogP contribution in [0.4, 0.5) is 18.9 Å². The van der Waals surface area contributed by atoms with Crippen molar-refractivity contribution in [2.45, 2.75) is 26.5 Å². The summed E-state index contributed by atoms with van der Waals surface area (Å²) in [5, 5.41) is 21.4. The average molecular weight is 563 g/mol. The molecule has 0 aliphatic rings. The van der Waals surface area contributed by atoms with E-state index in [1.165, 1.54) is 4.52 Å². The molecule has 41 heavy (non-hydrogen) atoms. The number of nitrogens with one attached hydrogen (secondary N) is 2. The van der Waals surface area contributed by atoms with E-state index in [0.717, 1.165) is 16.8 Å². The van der Waals surface area contributed by atoms with Crippen LogP contribution in [0.2, 0.25) is 0 Å². The van der Waals surface area contributed by atoms with Crippen LogP contribution in [0.5, 0.6) is 5.88 Å². The van der Waals surface area contributed by atoms with Gasteiger partial charge in [0.2, 0.25) is 11.8 Å². The van der Waals surface area contributed by atoms with Gasteiger partial charge < -0.3 is 20.5 Å². The first-order valence-electron chi connectivity index (χ1n) is 12.6. The van der Waals surface area contributed by atoms with Crippen molar-refractivity contribution >= 4 is 33.8 Å². The minimum atomic E-state index is -1.36. The maximum Gasteiger partial charge on any atom is 0.256 e. The number of carbonyl (C=O) groups excluding carboxylic acids is 2. The maximum atomic E-state index is 14.1. The maximum absolute atomic E-state index is 14.1. The second kappa shape index (κ2) is 11.3. The second-order valence-electron chi connectivity index (χ2n) is 9.50. The normalized spacial score (nSPS) is 12.0. The molecule has 210 valence electrons. The third kappa shape index (κ3) is 5.57. The van der Waals surface area contributed by atoms with Crippen LogP contribution < -0.4 is 15.4 Å². The number of rotatable bonds is 8. The molecule has 11 heteroatoms. The largest absolute Gasteiger partial charge is 0.473 e. The van der Waals surface area contributed by atoms with E-state index in [9.17, 15) is 27.9 Å². The van der Waals surface area contributed by atoms with Crippen LogP contribution in [0.3, 0.4) is 0 Å². The Balaban J connectivity index is 1.37. The topological polar surface area (TPSA) is 105 Å². The highest BCUT2D eigenvalue weighted by Crippen LogP contribution is 2.26. The van der Waals surface area contributed by atoms with Gasteiger partial charge in [0.25, 0.3) is 5.91 Å². The highest BCUT2D eigenvalue weighted by Gasteiger charge is 2.26. The fraction of sp³-hybridized carbons (Fsp3) is 0.167. The predicted molar refractivity (Wildman–Crippen MR) is 146 cm³/mol. The average Bonchev–Trinajstić information content (AvgIpc) is 3.29. The fourth-order valence-corrected chi connectivity index (χ4v) is 4.51. The molecule has 3 N–H and O–H groups in total. The molecule has 2 heterocycles. The highest BCUT2D eigenvalue weighted by atomic mass is 19.2. The summed E-state index contributed by atoms with van der Waals surface area (Å²) in [6.45, 7) is 1.99. The van der Waals surface area contributed by atoms with Gasteiger partial charge in [0.15, 0.2) is 11.6 Å². The smallest absolute Gasteiger partial charge is 0.256 e. The Morgan fingerprint density at radius 1 is 0.976 bits per heavy atom. The molecule has 0 fully saturated rings. The molecule has 2 aromatic heterocycles. The Labute approximate surface area is 232 Å². The summed E-state index contributed by atoms with van der Waals surface area (Å²) in [5.41, 5.74) is 1.21. The van der Waals surface area contributed by atoms with E-state index in [1.54, 1.807) is 38.1 Å². The molecule has 8 nitrogen and oxygen atoms in total. The number of pyridine rings is 1. The van der Waals surface area contributed by atoms with Crippen molar-refractivity contribution < 1.29 is 32.6 Å². The van der Waals surface area contributed by atoms with E-state index in [-0.39, 0.29) is 17.1 Å². The third-order valence-electron chi connectivity index (χ3n) is 6.57. The van der Waals surface area contributed by atoms with E-state index in [1.807, 2.05) is 30.3 Å². The zero-order valence-electron chi connectivity index (χ0n) is 22.0. The van der Waals surface area contributed by atoms with Crippen LogP contribution in [-0.2, 0) is 11.4 Å². The van der Waals surface area contributed by atoms with Gasteiger partial charge in [-0.15, -0.1) is 0 Å². The Morgan fingerprint density at radius 2 is 1.71 bits per heavy atom. The van der Waals surface area contributed by atoms with Gasteiger partial charge in [0, 0.05) is 11.8 Å². The minimum Gasteiger partial charge on any atom is -0.473 e. The van der Waals surface area contributed by atoms with Crippen molar-refractivity contribution in [3.63, 3.8) is 0 Å². The summed E-state index contributed by atoms with van der Waals surface area (Å²) in [7, 11) is 0. The van der Waals surface area contributed by atoms with Crippen molar-refractivity contribution in [3.8, 4) is 5.88 Å². The standard InChI is InChI=1S/C30H25F3N4O4/c1-16-11-25-27(17(2)36-37(25)26(12-16)41-15-21-22(31)9-10-23(32)28(21)33)30(40)35-24(14-38)29(39)34-20-8-7-18-5-3-4-6-19(18)13-20/h3-13,24,38H,14-15H2,1-2H3,(H,34,39)(H,35,40). The van der Waals surface area contributed by atoms with Gasteiger partial charge in [-0.3, -0.25) is 9.59 Å². The summed E-state index contributed by atoms with van der Waals surface area (Å²) in [6, 6.07) is 16.4. The van der Waals surface area contributed by atoms with E-state index in [2.05, 4.69) is 15.7 Å². The molecular weight excluding hydrogens is 537 g/mol. The number of aliphatic hydroxyl groups excluding tert-OH is 1. The summed E-state index contributed by atoms with van der Waals surface area (Å²) in [4.78, 5) is 26.3. The molecule has 0 saturated heterocycles. The zero-order valence-corrected chi connectivity index (χ0v) is 22.0. The van der Waals surface area contributed by atoms with Crippen LogP contribution in [0.25, 0.3) is 16.3 Å². The number of amides is 2. The lowest BCUT2D eigenvalue weighted by Gasteiger charge is -2.17. The molecule has 0 bridgehead atoms. The predicted octanol–water partition coefficient (Wildman–Crippen LogP) is 4.83. The number of ether oxygens (including phenoxy) is 1. The molecule has 0 radical (unpaired) electrons.